The van der Waals surface area contributed by atoms with Gasteiger partial charge < -0.3 is 30.3 Å². The van der Waals surface area contributed by atoms with Crippen molar-refractivity contribution in [1.29, 1.82) is 0 Å². The van der Waals surface area contributed by atoms with Gasteiger partial charge in [-0.15, -0.1) is 0 Å². The highest BCUT2D eigenvalue weighted by Crippen LogP contribution is 2.32. The Morgan fingerprint density at radius 3 is 2.53 bits per heavy atom. The summed E-state index contributed by atoms with van der Waals surface area (Å²) in [5.74, 6) is 0.269. The SMILES string of the molecule is CN1C(=O)c2cc(NC(=O)Nc3ccccc3)ccc2OC[C@H]2O[C@H](CC(=O)NC3CCC3)CC[C@@H]21. The Labute approximate surface area is 210 Å². The van der Waals surface area contributed by atoms with Crippen LogP contribution in [0.4, 0.5) is 16.2 Å². The average Bonchev–Trinajstić information content (AvgIpc) is 2.84. The minimum absolute atomic E-state index is 0.0287. The van der Waals surface area contributed by atoms with E-state index in [2.05, 4.69) is 16.0 Å². The van der Waals surface area contributed by atoms with Crippen LogP contribution in [0.5, 0.6) is 5.75 Å². The van der Waals surface area contributed by atoms with Gasteiger partial charge in [-0.1, -0.05) is 18.2 Å². The Bertz CT molecular complexity index is 1120. The monoisotopic (exact) mass is 492 g/mol. The second kappa shape index (κ2) is 10.6. The number of benzene rings is 2. The summed E-state index contributed by atoms with van der Waals surface area (Å²) in [5.41, 5.74) is 1.54. The predicted octanol–water partition coefficient (Wildman–Crippen LogP) is 3.77. The van der Waals surface area contributed by atoms with Gasteiger partial charge >= 0.3 is 6.03 Å². The van der Waals surface area contributed by atoms with E-state index < -0.39 is 6.03 Å². The second-order valence-electron chi connectivity index (χ2n) is 9.72. The molecular formula is C27H32N4O5. The first kappa shape index (κ1) is 24.1. The van der Waals surface area contributed by atoms with Crippen LogP contribution < -0.4 is 20.7 Å². The van der Waals surface area contributed by atoms with Crippen molar-refractivity contribution >= 4 is 29.2 Å². The van der Waals surface area contributed by atoms with Gasteiger partial charge in [0.1, 0.15) is 18.5 Å². The average molecular weight is 493 g/mol. The molecule has 0 unspecified atom stereocenters. The van der Waals surface area contributed by atoms with Crippen LogP contribution in [0.2, 0.25) is 0 Å². The molecule has 3 aliphatic rings. The van der Waals surface area contributed by atoms with Crippen molar-refractivity contribution in [1.82, 2.24) is 10.2 Å². The number of carbonyl (C=O) groups excluding carboxylic acids is 3. The highest BCUT2D eigenvalue weighted by molar-refractivity contribution is 6.02. The molecule has 4 amide bonds. The van der Waals surface area contributed by atoms with E-state index in [1.807, 2.05) is 18.2 Å². The molecule has 1 saturated heterocycles. The molecule has 0 spiro atoms. The number of nitrogens with one attached hydrogen (secondary N) is 3. The summed E-state index contributed by atoms with van der Waals surface area (Å²) in [5, 5.41) is 8.61. The summed E-state index contributed by atoms with van der Waals surface area (Å²) in [6.07, 6.45) is 4.52. The molecule has 0 radical (unpaired) electrons. The lowest BCUT2D eigenvalue weighted by atomic mass is 9.92. The zero-order valence-electron chi connectivity index (χ0n) is 20.4. The third-order valence-corrected chi connectivity index (χ3v) is 7.18. The molecule has 2 heterocycles. The molecule has 9 heteroatoms. The molecule has 190 valence electrons. The van der Waals surface area contributed by atoms with E-state index >= 15 is 0 Å². The molecule has 2 fully saturated rings. The van der Waals surface area contributed by atoms with Crippen LogP contribution in [-0.4, -0.2) is 60.7 Å². The maximum atomic E-state index is 13.4. The Morgan fingerprint density at radius 2 is 1.78 bits per heavy atom. The molecule has 36 heavy (non-hydrogen) atoms. The number of rotatable bonds is 5. The molecule has 2 aliphatic heterocycles. The Kier molecular flexibility index (Phi) is 7.09. The van der Waals surface area contributed by atoms with Crippen LogP contribution in [0, 0.1) is 0 Å². The lowest BCUT2D eigenvalue weighted by Crippen LogP contribution is -2.54. The second-order valence-corrected chi connectivity index (χ2v) is 9.72. The normalized spacial score (nSPS) is 23.6. The fraction of sp³-hybridized carbons (Fsp3) is 0.444. The first-order valence-corrected chi connectivity index (χ1v) is 12.6. The number of fused-ring (bicyclic) bond motifs is 2. The van der Waals surface area contributed by atoms with E-state index in [0.29, 0.717) is 41.6 Å². The first-order valence-electron chi connectivity index (χ1n) is 12.6. The lowest BCUT2D eigenvalue weighted by molar-refractivity contribution is -0.135. The maximum Gasteiger partial charge on any atom is 0.323 e. The highest BCUT2D eigenvalue weighted by Gasteiger charge is 2.39. The van der Waals surface area contributed by atoms with E-state index in [1.54, 1.807) is 42.3 Å². The minimum Gasteiger partial charge on any atom is -0.490 e. The summed E-state index contributed by atoms with van der Waals surface area (Å²) in [6.45, 7) is 0.275. The van der Waals surface area contributed by atoms with Gasteiger partial charge in [-0.3, -0.25) is 9.59 Å². The van der Waals surface area contributed by atoms with E-state index in [4.69, 9.17) is 9.47 Å². The number of carbonyl (C=O) groups is 3. The Morgan fingerprint density at radius 1 is 1.00 bits per heavy atom. The number of amides is 4. The van der Waals surface area contributed by atoms with Gasteiger partial charge in [-0.05, 0) is 62.4 Å². The molecule has 0 aromatic heterocycles. The summed E-state index contributed by atoms with van der Waals surface area (Å²) < 4.78 is 12.3. The zero-order chi connectivity index (χ0) is 25.1. The van der Waals surface area contributed by atoms with Crippen molar-refractivity contribution in [3.05, 3.63) is 54.1 Å². The van der Waals surface area contributed by atoms with Gasteiger partial charge in [0, 0.05) is 24.5 Å². The topological polar surface area (TPSA) is 109 Å². The number of hydrogen-bond donors (Lipinski definition) is 3. The largest absolute Gasteiger partial charge is 0.490 e. The number of para-hydroxylation sites is 1. The van der Waals surface area contributed by atoms with Crippen molar-refractivity contribution in [2.24, 2.45) is 0 Å². The Hall–Kier alpha value is -3.59. The van der Waals surface area contributed by atoms with Crippen molar-refractivity contribution in [2.75, 3.05) is 24.3 Å². The van der Waals surface area contributed by atoms with Crippen molar-refractivity contribution in [3.63, 3.8) is 0 Å². The van der Waals surface area contributed by atoms with Gasteiger partial charge in [0.2, 0.25) is 5.91 Å². The smallest absolute Gasteiger partial charge is 0.323 e. The molecule has 2 aromatic carbocycles. The van der Waals surface area contributed by atoms with Crippen LogP contribution in [-0.2, 0) is 9.53 Å². The third kappa shape index (κ3) is 5.46. The summed E-state index contributed by atoms with van der Waals surface area (Å²) in [7, 11) is 1.77. The molecule has 1 aliphatic carbocycles. The molecule has 9 nitrogen and oxygen atoms in total. The van der Waals surface area contributed by atoms with Gasteiger partial charge in [-0.2, -0.15) is 0 Å². The van der Waals surface area contributed by atoms with Crippen molar-refractivity contribution in [3.8, 4) is 5.75 Å². The van der Waals surface area contributed by atoms with E-state index in [0.717, 1.165) is 19.3 Å². The maximum absolute atomic E-state index is 13.4. The van der Waals surface area contributed by atoms with Gasteiger partial charge in [0.05, 0.1) is 24.1 Å². The molecule has 3 N–H and O–H groups in total. The number of anilines is 2. The van der Waals surface area contributed by atoms with Crippen LogP contribution in [0.25, 0.3) is 0 Å². The number of urea groups is 1. The lowest BCUT2D eigenvalue weighted by Gasteiger charge is -2.42. The fourth-order valence-electron chi connectivity index (χ4n) is 4.97. The number of ether oxygens (including phenoxy) is 2. The van der Waals surface area contributed by atoms with Crippen LogP contribution in [0.3, 0.4) is 0 Å². The predicted molar refractivity (Wildman–Crippen MR) is 135 cm³/mol. The van der Waals surface area contributed by atoms with E-state index in [1.165, 1.54) is 6.42 Å². The first-order chi connectivity index (χ1) is 17.5. The molecule has 3 atom stereocenters. The van der Waals surface area contributed by atoms with Crippen LogP contribution in [0.1, 0.15) is 48.9 Å². The third-order valence-electron chi connectivity index (χ3n) is 7.18. The van der Waals surface area contributed by atoms with Gasteiger partial charge in [0.15, 0.2) is 0 Å². The standard InChI is InChI=1S/C27H32N4O5/c1-31-22-12-11-20(15-25(32)28-17-8-5-9-17)36-24(22)16-35-23-13-10-19(14-21(23)26(31)33)30-27(34)29-18-6-3-2-4-7-18/h2-4,6-7,10,13-14,17,20,22,24H,5,8-9,11-12,15-16H2,1H3,(H,28,32)(H2,29,30,34)/t20-,22-,24+/m0/s1. The number of likely N-dealkylation sites (N-methyl/N-ethyl adjacent to an activating group) is 1. The zero-order valence-corrected chi connectivity index (χ0v) is 20.4. The molecule has 0 bridgehead atoms. The van der Waals surface area contributed by atoms with E-state index in [-0.39, 0.29) is 36.7 Å². The number of hydrogen-bond acceptors (Lipinski definition) is 5. The molecular weight excluding hydrogens is 460 g/mol. The van der Waals surface area contributed by atoms with Crippen LogP contribution in [0.15, 0.2) is 48.5 Å². The number of nitrogens with zero attached hydrogens (tertiary/aromatic N) is 1. The van der Waals surface area contributed by atoms with E-state index in [9.17, 15) is 14.4 Å². The summed E-state index contributed by atoms with van der Waals surface area (Å²) in [6, 6.07) is 13.9. The fourth-order valence-corrected chi connectivity index (χ4v) is 4.97. The molecule has 1 saturated carbocycles. The molecule has 5 rings (SSSR count). The Balaban J connectivity index is 1.23. The quantitative estimate of drug-likeness (QED) is 0.589. The van der Waals surface area contributed by atoms with Gasteiger partial charge in [0.25, 0.3) is 5.91 Å². The summed E-state index contributed by atoms with van der Waals surface area (Å²) >= 11 is 0. The van der Waals surface area contributed by atoms with Gasteiger partial charge in [-0.25, -0.2) is 4.79 Å². The molecule has 2 aromatic rings. The van der Waals surface area contributed by atoms with Crippen molar-refractivity contribution < 1.29 is 23.9 Å². The summed E-state index contributed by atoms with van der Waals surface area (Å²) in [4.78, 5) is 39.9. The minimum atomic E-state index is -0.401. The van der Waals surface area contributed by atoms with Crippen molar-refractivity contribution in [2.45, 2.75) is 62.8 Å². The van der Waals surface area contributed by atoms with Crippen LogP contribution >= 0.6 is 0 Å². The highest BCUT2D eigenvalue weighted by atomic mass is 16.5.